The first-order valence-corrected chi connectivity index (χ1v) is 4.29. The van der Waals surface area contributed by atoms with Gasteiger partial charge < -0.3 is 9.26 Å². The van der Waals surface area contributed by atoms with Crippen molar-refractivity contribution >= 4 is 5.97 Å². The number of hydrogen-bond donors (Lipinski definition) is 0. The van der Waals surface area contributed by atoms with Crippen LogP contribution in [-0.4, -0.2) is 36.7 Å². The van der Waals surface area contributed by atoms with Gasteiger partial charge in [-0.1, -0.05) is 5.16 Å². The minimum absolute atomic E-state index is 0.252. The van der Waals surface area contributed by atoms with Crippen molar-refractivity contribution < 1.29 is 14.1 Å². The number of nitrogens with zero attached hydrogens (tertiary/aromatic N) is 2. The largest absolute Gasteiger partial charge is 0.468 e. The molecule has 0 bridgehead atoms. The second kappa shape index (κ2) is 4.76. The van der Waals surface area contributed by atoms with E-state index in [-0.39, 0.29) is 12.5 Å². The van der Waals surface area contributed by atoms with Gasteiger partial charge in [0.1, 0.15) is 5.76 Å². The van der Waals surface area contributed by atoms with E-state index in [1.807, 2.05) is 24.9 Å². The molecule has 78 valence electrons. The van der Waals surface area contributed by atoms with Gasteiger partial charge in [0, 0.05) is 12.6 Å². The molecule has 1 heterocycles. The number of rotatable bonds is 4. The molecule has 0 saturated carbocycles. The molecule has 0 aliphatic rings. The van der Waals surface area contributed by atoms with Crippen LogP contribution >= 0.6 is 0 Å². The number of likely N-dealkylation sites (N-methyl/N-ethyl adjacent to an activating group) is 1. The van der Waals surface area contributed by atoms with Gasteiger partial charge in [-0.15, -0.1) is 0 Å². The van der Waals surface area contributed by atoms with E-state index in [0.29, 0.717) is 6.54 Å². The van der Waals surface area contributed by atoms with Crippen LogP contribution in [0.25, 0.3) is 0 Å². The van der Waals surface area contributed by atoms with Crippen LogP contribution < -0.4 is 0 Å². The number of carbonyl (C=O) groups is 1. The summed E-state index contributed by atoms with van der Waals surface area (Å²) in [6.07, 6.45) is 0. The highest BCUT2D eigenvalue weighted by atomic mass is 16.5. The quantitative estimate of drug-likeness (QED) is 0.663. The van der Waals surface area contributed by atoms with Gasteiger partial charge in [-0.3, -0.25) is 9.69 Å². The molecule has 0 amide bonds. The Bertz CT molecular complexity index is 309. The molecule has 0 fully saturated rings. The van der Waals surface area contributed by atoms with Crippen LogP contribution in [0.5, 0.6) is 0 Å². The summed E-state index contributed by atoms with van der Waals surface area (Å²) in [6.45, 7) is 2.66. The molecule has 0 aliphatic heterocycles. The minimum atomic E-state index is -0.257. The highest BCUT2D eigenvalue weighted by molar-refractivity contribution is 5.71. The van der Waals surface area contributed by atoms with E-state index in [1.165, 1.54) is 7.11 Å². The normalized spacial score (nSPS) is 10.6. The Balaban J connectivity index is 2.41. The molecule has 0 aliphatic carbocycles. The number of ether oxygens (including phenoxy) is 1. The maximum absolute atomic E-state index is 10.9. The van der Waals surface area contributed by atoms with Crippen LogP contribution in [0.4, 0.5) is 0 Å². The molecular weight excluding hydrogens is 184 g/mol. The highest BCUT2D eigenvalue weighted by Crippen LogP contribution is 2.03. The lowest BCUT2D eigenvalue weighted by molar-refractivity contribution is -0.141. The van der Waals surface area contributed by atoms with Gasteiger partial charge in [-0.25, -0.2) is 0 Å². The SMILES string of the molecule is COC(=O)CN(C)Cc1cc(C)on1. The van der Waals surface area contributed by atoms with E-state index in [4.69, 9.17) is 4.52 Å². The second-order valence-corrected chi connectivity index (χ2v) is 3.18. The maximum Gasteiger partial charge on any atom is 0.319 e. The summed E-state index contributed by atoms with van der Waals surface area (Å²) >= 11 is 0. The van der Waals surface area contributed by atoms with Crippen LogP contribution in [0.3, 0.4) is 0 Å². The third-order valence-electron chi connectivity index (χ3n) is 1.74. The molecule has 5 nitrogen and oxygen atoms in total. The van der Waals surface area contributed by atoms with Crippen molar-refractivity contribution in [2.24, 2.45) is 0 Å². The molecule has 0 radical (unpaired) electrons. The zero-order chi connectivity index (χ0) is 10.6. The number of aromatic nitrogens is 1. The zero-order valence-electron chi connectivity index (χ0n) is 8.61. The number of esters is 1. The average molecular weight is 198 g/mol. The van der Waals surface area contributed by atoms with Gasteiger partial charge in [0.15, 0.2) is 0 Å². The third kappa shape index (κ3) is 3.18. The van der Waals surface area contributed by atoms with Crippen LogP contribution in [0.2, 0.25) is 0 Å². The fourth-order valence-electron chi connectivity index (χ4n) is 1.11. The summed E-state index contributed by atoms with van der Waals surface area (Å²) in [5.41, 5.74) is 0.814. The molecule has 5 heteroatoms. The van der Waals surface area contributed by atoms with Crippen molar-refractivity contribution in [3.8, 4) is 0 Å². The van der Waals surface area contributed by atoms with E-state index in [0.717, 1.165) is 11.5 Å². The monoisotopic (exact) mass is 198 g/mol. The third-order valence-corrected chi connectivity index (χ3v) is 1.74. The molecule has 0 saturated heterocycles. The number of aryl methyl sites for hydroxylation is 1. The molecule has 14 heavy (non-hydrogen) atoms. The lowest BCUT2D eigenvalue weighted by atomic mass is 10.3. The number of hydrogen-bond acceptors (Lipinski definition) is 5. The van der Waals surface area contributed by atoms with Crippen molar-refractivity contribution in [2.45, 2.75) is 13.5 Å². The Morgan fingerprint density at radius 2 is 2.43 bits per heavy atom. The molecular formula is C9H14N2O3. The second-order valence-electron chi connectivity index (χ2n) is 3.18. The van der Waals surface area contributed by atoms with Crippen LogP contribution in [0.1, 0.15) is 11.5 Å². The predicted molar refractivity (Wildman–Crippen MR) is 49.6 cm³/mol. The van der Waals surface area contributed by atoms with Crippen LogP contribution in [0, 0.1) is 6.92 Å². The molecule has 1 aromatic heterocycles. The van der Waals surface area contributed by atoms with Gasteiger partial charge >= 0.3 is 5.97 Å². The number of carbonyl (C=O) groups excluding carboxylic acids is 1. The van der Waals surface area contributed by atoms with E-state index in [2.05, 4.69) is 9.89 Å². The van der Waals surface area contributed by atoms with Crippen molar-refractivity contribution in [1.29, 1.82) is 0 Å². The predicted octanol–water partition coefficient (Wildman–Crippen LogP) is 0.588. The van der Waals surface area contributed by atoms with Gasteiger partial charge in [0.25, 0.3) is 0 Å². The first-order valence-electron chi connectivity index (χ1n) is 4.29. The maximum atomic E-state index is 10.9. The molecule has 0 N–H and O–H groups in total. The first kappa shape index (κ1) is 10.7. The summed E-state index contributed by atoms with van der Waals surface area (Å²) in [7, 11) is 3.19. The van der Waals surface area contributed by atoms with E-state index in [9.17, 15) is 4.79 Å². The van der Waals surface area contributed by atoms with Crippen molar-refractivity contribution in [1.82, 2.24) is 10.1 Å². The summed E-state index contributed by atoms with van der Waals surface area (Å²) < 4.78 is 9.44. The Kier molecular flexibility index (Phi) is 3.64. The first-order chi connectivity index (χ1) is 6.61. The fourth-order valence-corrected chi connectivity index (χ4v) is 1.11. The highest BCUT2D eigenvalue weighted by Gasteiger charge is 2.08. The van der Waals surface area contributed by atoms with Crippen molar-refractivity contribution in [2.75, 3.05) is 20.7 Å². The van der Waals surface area contributed by atoms with Crippen molar-refractivity contribution in [3.05, 3.63) is 17.5 Å². The smallest absolute Gasteiger partial charge is 0.319 e. The Morgan fingerprint density at radius 1 is 1.71 bits per heavy atom. The summed E-state index contributed by atoms with van der Waals surface area (Å²) in [6, 6.07) is 1.84. The fraction of sp³-hybridized carbons (Fsp3) is 0.556. The van der Waals surface area contributed by atoms with E-state index in [1.54, 1.807) is 0 Å². The lowest BCUT2D eigenvalue weighted by Crippen LogP contribution is -2.26. The van der Waals surface area contributed by atoms with Gasteiger partial charge in [-0.2, -0.15) is 0 Å². The van der Waals surface area contributed by atoms with E-state index < -0.39 is 0 Å². The summed E-state index contributed by atoms with van der Waals surface area (Å²) in [5, 5.41) is 3.82. The molecule has 0 aromatic carbocycles. The molecule has 1 aromatic rings. The van der Waals surface area contributed by atoms with E-state index >= 15 is 0 Å². The van der Waals surface area contributed by atoms with Gasteiger partial charge in [0.2, 0.25) is 0 Å². The van der Waals surface area contributed by atoms with Crippen LogP contribution in [-0.2, 0) is 16.1 Å². The number of methoxy groups -OCH3 is 1. The minimum Gasteiger partial charge on any atom is -0.468 e. The molecule has 1 rings (SSSR count). The van der Waals surface area contributed by atoms with Crippen molar-refractivity contribution in [3.63, 3.8) is 0 Å². The van der Waals surface area contributed by atoms with Gasteiger partial charge in [-0.05, 0) is 14.0 Å². The topological polar surface area (TPSA) is 55.6 Å². The average Bonchev–Trinajstić information content (AvgIpc) is 2.50. The molecule has 0 unspecified atom stereocenters. The Hall–Kier alpha value is -1.36. The summed E-state index contributed by atoms with van der Waals surface area (Å²) in [4.78, 5) is 12.7. The zero-order valence-corrected chi connectivity index (χ0v) is 8.61. The molecule has 0 spiro atoms. The van der Waals surface area contributed by atoms with Gasteiger partial charge in [0.05, 0.1) is 19.3 Å². The summed E-state index contributed by atoms with van der Waals surface area (Å²) in [5.74, 6) is 0.513. The Morgan fingerprint density at radius 3 is 2.93 bits per heavy atom. The standard InChI is InChI=1S/C9H14N2O3/c1-7-4-8(10-14-7)5-11(2)6-9(12)13-3/h4H,5-6H2,1-3H3. The molecule has 0 atom stereocenters. The lowest BCUT2D eigenvalue weighted by Gasteiger charge is -2.12. The van der Waals surface area contributed by atoms with Crippen LogP contribution in [0.15, 0.2) is 10.6 Å². The Labute approximate surface area is 82.6 Å².